The quantitative estimate of drug-likeness (QED) is 0.749. The van der Waals surface area contributed by atoms with E-state index in [1.165, 1.54) is 0 Å². The molecule has 2 aliphatic heterocycles. The Balaban J connectivity index is 2.07. The zero-order valence-corrected chi connectivity index (χ0v) is 11.0. The van der Waals surface area contributed by atoms with E-state index in [-0.39, 0.29) is 11.3 Å². The Morgan fingerprint density at radius 1 is 1.35 bits per heavy atom. The number of nitrogens with zero attached hydrogens (tertiary/aromatic N) is 1. The summed E-state index contributed by atoms with van der Waals surface area (Å²) in [5.41, 5.74) is -0.858. The summed E-state index contributed by atoms with van der Waals surface area (Å²) in [6, 6.07) is 0. The highest BCUT2D eigenvalue weighted by atomic mass is 16.3. The molecule has 1 unspecified atom stereocenters. The van der Waals surface area contributed by atoms with Gasteiger partial charge in [0.15, 0.2) is 0 Å². The van der Waals surface area contributed by atoms with Crippen molar-refractivity contribution in [2.24, 2.45) is 5.41 Å². The van der Waals surface area contributed by atoms with Crippen molar-refractivity contribution in [2.75, 3.05) is 26.2 Å². The smallest absolute Gasteiger partial charge is 0.228 e. The van der Waals surface area contributed by atoms with Crippen molar-refractivity contribution in [2.45, 2.75) is 45.1 Å². The van der Waals surface area contributed by atoms with Crippen molar-refractivity contribution >= 4 is 5.91 Å². The summed E-state index contributed by atoms with van der Waals surface area (Å²) < 4.78 is 0. The molecule has 0 spiro atoms. The molecule has 2 saturated heterocycles. The van der Waals surface area contributed by atoms with Crippen LogP contribution in [0.3, 0.4) is 0 Å². The van der Waals surface area contributed by atoms with Gasteiger partial charge in [0.2, 0.25) is 5.91 Å². The number of rotatable bonds is 2. The summed E-state index contributed by atoms with van der Waals surface area (Å²) in [7, 11) is 0. The highest BCUT2D eigenvalue weighted by Gasteiger charge is 2.44. The van der Waals surface area contributed by atoms with Crippen LogP contribution in [0, 0.1) is 5.41 Å². The number of carbonyl (C=O) groups is 1. The summed E-state index contributed by atoms with van der Waals surface area (Å²) >= 11 is 0. The van der Waals surface area contributed by atoms with Gasteiger partial charge >= 0.3 is 0 Å². The number of likely N-dealkylation sites (tertiary alicyclic amines) is 1. The maximum absolute atomic E-state index is 12.6. The van der Waals surface area contributed by atoms with Crippen LogP contribution in [0.4, 0.5) is 0 Å². The standard InChI is InChI=1S/C13H24N2O2/c1-3-13(4-7-14-8-5-13)11(16)15-9-6-12(2,17)10-15/h14,17H,3-10H2,1-2H3. The third-order valence-corrected chi connectivity index (χ3v) is 4.43. The van der Waals surface area contributed by atoms with E-state index in [2.05, 4.69) is 12.2 Å². The first-order chi connectivity index (χ1) is 7.99. The van der Waals surface area contributed by atoms with E-state index < -0.39 is 5.60 Å². The largest absolute Gasteiger partial charge is 0.388 e. The average molecular weight is 240 g/mol. The van der Waals surface area contributed by atoms with Crippen molar-refractivity contribution in [1.82, 2.24) is 10.2 Å². The van der Waals surface area contributed by atoms with Gasteiger partial charge in [0.05, 0.1) is 11.0 Å². The van der Waals surface area contributed by atoms with Crippen LogP contribution in [0.25, 0.3) is 0 Å². The van der Waals surface area contributed by atoms with Crippen LogP contribution in [0.15, 0.2) is 0 Å². The molecule has 0 radical (unpaired) electrons. The van der Waals surface area contributed by atoms with Gasteiger partial charge in [-0.3, -0.25) is 4.79 Å². The maximum Gasteiger partial charge on any atom is 0.228 e. The molecule has 0 aromatic rings. The third-order valence-electron chi connectivity index (χ3n) is 4.43. The van der Waals surface area contributed by atoms with Gasteiger partial charge in [0, 0.05) is 13.1 Å². The van der Waals surface area contributed by atoms with Gasteiger partial charge in [-0.15, -0.1) is 0 Å². The molecular formula is C13H24N2O2. The van der Waals surface area contributed by atoms with E-state index >= 15 is 0 Å². The van der Waals surface area contributed by atoms with Crippen molar-refractivity contribution in [3.63, 3.8) is 0 Å². The van der Waals surface area contributed by atoms with E-state index in [9.17, 15) is 9.90 Å². The molecular weight excluding hydrogens is 216 g/mol. The molecule has 2 aliphatic rings. The molecule has 2 heterocycles. The maximum atomic E-state index is 12.6. The molecule has 1 amide bonds. The number of nitrogens with one attached hydrogen (secondary N) is 1. The minimum absolute atomic E-state index is 0.175. The van der Waals surface area contributed by atoms with Crippen molar-refractivity contribution in [3.05, 3.63) is 0 Å². The Bertz CT molecular complexity index is 296. The van der Waals surface area contributed by atoms with Crippen LogP contribution in [-0.4, -0.2) is 47.7 Å². The van der Waals surface area contributed by atoms with E-state index in [1.807, 2.05) is 11.8 Å². The van der Waals surface area contributed by atoms with Crippen LogP contribution in [0.1, 0.15) is 39.5 Å². The average Bonchev–Trinajstić information content (AvgIpc) is 2.69. The fourth-order valence-corrected chi connectivity index (χ4v) is 3.08. The predicted molar refractivity (Wildman–Crippen MR) is 66.6 cm³/mol. The van der Waals surface area contributed by atoms with Crippen LogP contribution >= 0.6 is 0 Å². The SMILES string of the molecule is CCC1(C(=O)N2CCC(C)(O)C2)CCNCC1. The van der Waals surface area contributed by atoms with Crippen LogP contribution in [-0.2, 0) is 4.79 Å². The van der Waals surface area contributed by atoms with Gasteiger partial charge in [-0.2, -0.15) is 0 Å². The van der Waals surface area contributed by atoms with E-state index in [4.69, 9.17) is 0 Å². The zero-order valence-electron chi connectivity index (χ0n) is 11.0. The first-order valence-corrected chi connectivity index (χ1v) is 6.72. The van der Waals surface area contributed by atoms with Gasteiger partial charge in [0.1, 0.15) is 0 Å². The highest BCUT2D eigenvalue weighted by Crippen LogP contribution is 2.36. The number of amides is 1. The lowest BCUT2D eigenvalue weighted by molar-refractivity contribution is -0.144. The molecule has 1 atom stereocenters. The lowest BCUT2D eigenvalue weighted by Crippen LogP contribution is -2.49. The lowest BCUT2D eigenvalue weighted by atomic mass is 9.75. The molecule has 4 heteroatoms. The Morgan fingerprint density at radius 3 is 2.47 bits per heavy atom. The Morgan fingerprint density at radius 2 is 2.00 bits per heavy atom. The van der Waals surface area contributed by atoms with Crippen LogP contribution < -0.4 is 5.32 Å². The first-order valence-electron chi connectivity index (χ1n) is 6.72. The number of aliphatic hydroxyl groups is 1. The number of hydrogen-bond acceptors (Lipinski definition) is 3. The second kappa shape index (κ2) is 4.58. The van der Waals surface area contributed by atoms with Crippen molar-refractivity contribution < 1.29 is 9.90 Å². The molecule has 2 fully saturated rings. The summed E-state index contributed by atoms with van der Waals surface area (Å²) in [6.07, 6.45) is 3.48. The fourth-order valence-electron chi connectivity index (χ4n) is 3.08. The highest BCUT2D eigenvalue weighted by molar-refractivity contribution is 5.83. The number of carbonyl (C=O) groups excluding carboxylic acids is 1. The fraction of sp³-hybridized carbons (Fsp3) is 0.923. The predicted octanol–water partition coefficient (Wildman–Crippen LogP) is 0.749. The second-order valence-electron chi connectivity index (χ2n) is 5.86. The Kier molecular flexibility index (Phi) is 3.46. The van der Waals surface area contributed by atoms with E-state index in [0.29, 0.717) is 19.5 Å². The lowest BCUT2D eigenvalue weighted by Gasteiger charge is -2.38. The second-order valence-corrected chi connectivity index (χ2v) is 5.86. The monoisotopic (exact) mass is 240 g/mol. The molecule has 0 aromatic carbocycles. The number of hydrogen-bond donors (Lipinski definition) is 2. The summed E-state index contributed by atoms with van der Waals surface area (Å²) in [4.78, 5) is 14.5. The normalized spacial score (nSPS) is 32.8. The minimum Gasteiger partial charge on any atom is -0.388 e. The molecule has 0 saturated carbocycles. The van der Waals surface area contributed by atoms with Gasteiger partial charge in [-0.05, 0) is 45.7 Å². The molecule has 98 valence electrons. The van der Waals surface area contributed by atoms with E-state index in [0.717, 1.165) is 32.4 Å². The van der Waals surface area contributed by atoms with Crippen LogP contribution in [0.2, 0.25) is 0 Å². The molecule has 0 aromatic heterocycles. The molecule has 2 N–H and O–H groups in total. The van der Waals surface area contributed by atoms with Crippen LogP contribution in [0.5, 0.6) is 0 Å². The summed E-state index contributed by atoms with van der Waals surface area (Å²) in [5.74, 6) is 0.263. The summed E-state index contributed by atoms with van der Waals surface area (Å²) in [6.45, 7) is 7.01. The first kappa shape index (κ1) is 12.8. The van der Waals surface area contributed by atoms with Gasteiger partial charge < -0.3 is 15.3 Å². The Hall–Kier alpha value is -0.610. The Labute approximate surface area is 103 Å². The van der Waals surface area contributed by atoms with Crippen molar-refractivity contribution in [1.29, 1.82) is 0 Å². The molecule has 0 bridgehead atoms. The molecule has 2 rings (SSSR count). The number of β-amino-alcohol motifs (C(OH)–C–C–N with tert-alkyl or cyclic N) is 1. The third kappa shape index (κ3) is 2.47. The molecule has 0 aliphatic carbocycles. The van der Waals surface area contributed by atoms with Gasteiger partial charge in [-0.25, -0.2) is 0 Å². The molecule has 4 nitrogen and oxygen atoms in total. The van der Waals surface area contributed by atoms with E-state index in [1.54, 1.807) is 0 Å². The van der Waals surface area contributed by atoms with Gasteiger partial charge in [-0.1, -0.05) is 6.92 Å². The van der Waals surface area contributed by atoms with Crippen molar-refractivity contribution in [3.8, 4) is 0 Å². The summed E-state index contributed by atoms with van der Waals surface area (Å²) in [5, 5.41) is 13.3. The topological polar surface area (TPSA) is 52.6 Å². The number of piperidine rings is 1. The van der Waals surface area contributed by atoms with Gasteiger partial charge in [0.25, 0.3) is 0 Å². The zero-order chi connectivity index (χ0) is 12.5. The molecule has 17 heavy (non-hydrogen) atoms. The minimum atomic E-state index is -0.683.